The second-order valence-corrected chi connectivity index (χ2v) is 4.78. The van der Waals surface area contributed by atoms with Crippen LogP contribution in [0.15, 0.2) is 48.5 Å². The molecule has 0 atom stereocenters. The second kappa shape index (κ2) is 5.89. The van der Waals surface area contributed by atoms with Crippen LogP contribution in [0.1, 0.15) is 5.82 Å². The fourth-order valence-electron chi connectivity index (χ4n) is 2.46. The average Bonchev–Trinajstić information content (AvgIpc) is 2.96. The zero-order valence-electron chi connectivity index (χ0n) is 12.8. The van der Waals surface area contributed by atoms with Gasteiger partial charge < -0.3 is 9.47 Å². The van der Waals surface area contributed by atoms with E-state index in [0.29, 0.717) is 11.5 Å². The Kier molecular flexibility index (Phi) is 3.78. The minimum atomic E-state index is 0.708. The SMILES string of the molecule is COc1cccc(OC)c1-n1c(C)nnc1-c1ccccc1. The number of hydrogen-bond acceptors (Lipinski definition) is 4. The molecule has 0 bridgehead atoms. The Hall–Kier alpha value is -2.82. The summed E-state index contributed by atoms with van der Waals surface area (Å²) < 4.78 is 13.0. The van der Waals surface area contributed by atoms with Gasteiger partial charge in [-0.25, -0.2) is 0 Å². The third kappa shape index (κ3) is 2.30. The molecular formula is C17H17N3O2. The predicted octanol–water partition coefficient (Wildman–Crippen LogP) is 3.26. The van der Waals surface area contributed by atoms with Crippen LogP contribution in [0.2, 0.25) is 0 Å². The first-order chi connectivity index (χ1) is 10.8. The van der Waals surface area contributed by atoms with Gasteiger partial charge in [0.15, 0.2) is 5.82 Å². The number of rotatable bonds is 4. The van der Waals surface area contributed by atoms with Gasteiger partial charge in [0.05, 0.1) is 14.2 Å². The van der Waals surface area contributed by atoms with E-state index in [9.17, 15) is 0 Å². The van der Waals surface area contributed by atoms with E-state index >= 15 is 0 Å². The van der Waals surface area contributed by atoms with Crippen LogP contribution < -0.4 is 9.47 Å². The number of nitrogens with zero attached hydrogens (tertiary/aromatic N) is 3. The number of para-hydroxylation sites is 1. The zero-order chi connectivity index (χ0) is 15.5. The molecule has 1 heterocycles. The standard InChI is InChI=1S/C17H17N3O2/c1-12-18-19-17(13-8-5-4-6-9-13)20(12)16-14(21-2)10-7-11-15(16)22-3/h4-11H,1-3H3. The lowest BCUT2D eigenvalue weighted by molar-refractivity contribution is 0.391. The Balaban J connectivity index is 2.28. The summed E-state index contributed by atoms with van der Waals surface area (Å²) in [6, 6.07) is 15.6. The number of aromatic nitrogens is 3. The fraction of sp³-hybridized carbons (Fsp3) is 0.176. The van der Waals surface area contributed by atoms with Gasteiger partial charge in [0, 0.05) is 5.56 Å². The lowest BCUT2D eigenvalue weighted by Crippen LogP contribution is -2.05. The molecule has 0 amide bonds. The van der Waals surface area contributed by atoms with Crippen molar-refractivity contribution in [2.45, 2.75) is 6.92 Å². The molecule has 0 aliphatic heterocycles. The molecule has 0 saturated heterocycles. The van der Waals surface area contributed by atoms with E-state index in [4.69, 9.17) is 9.47 Å². The molecule has 0 saturated carbocycles. The van der Waals surface area contributed by atoms with E-state index in [2.05, 4.69) is 10.2 Å². The Morgan fingerprint density at radius 2 is 1.45 bits per heavy atom. The first kappa shape index (κ1) is 14.1. The average molecular weight is 295 g/mol. The maximum Gasteiger partial charge on any atom is 0.168 e. The summed E-state index contributed by atoms with van der Waals surface area (Å²) in [4.78, 5) is 0. The summed E-state index contributed by atoms with van der Waals surface area (Å²) in [7, 11) is 3.28. The minimum absolute atomic E-state index is 0.708. The van der Waals surface area contributed by atoms with Crippen LogP contribution in [0.3, 0.4) is 0 Å². The molecule has 0 spiro atoms. The van der Waals surface area contributed by atoms with Crippen molar-refractivity contribution in [3.8, 4) is 28.6 Å². The monoisotopic (exact) mass is 295 g/mol. The third-order valence-corrected chi connectivity index (χ3v) is 3.48. The topological polar surface area (TPSA) is 49.2 Å². The van der Waals surface area contributed by atoms with Gasteiger partial charge in [0.2, 0.25) is 0 Å². The van der Waals surface area contributed by atoms with Crippen LogP contribution >= 0.6 is 0 Å². The number of aryl methyl sites for hydroxylation is 1. The van der Waals surface area contributed by atoms with Gasteiger partial charge in [-0.1, -0.05) is 36.4 Å². The normalized spacial score (nSPS) is 10.5. The van der Waals surface area contributed by atoms with E-state index in [1.807, 2.05) is 60.0 Å². The molecule has 3 aromatic rings. The van der Waals surface area contributed by atoms with Crippen LogP contribution in [0, 0.1) is 6.92 Å². The molecule has 3 rings (SSSR count). The molecule has 0 fully saturated rings. The van der Waals surface area contributed by atoms with Crippen LogP contribution in [0.4, 0.5) is 0 Å². The molecule has 2 aromatic carbocycles. The van der Waals surface area contributed by atoms with Crippen molar-refractivity contribution < 1.29 is 9.47 Å². The molecule has 5 heteroatoms. The van der Waals surface area contributed by atoms with Gasteiger partial charge in [-0.05, 0) is 19.1 Å². The maximum atomic E-state index is 5.50. The molecule has 0 N–H and O–H groups in total. The highest BCUT2D eigenvalue weighted by Gasteiger charge is 2.19. The molecule has 22 heavy (non-hydrogen) atoms. The van der Waals surface area contributed by atoms with Gasteiger partial charge in [0.1, 0.15) is 23.0 Å². The Morgan fingerprint density at radius 1 is 0.818 bits per heavy atom. The maximum absolute atomic E-state index is 5.50. The Morgan fingerprint density at radius 3 is 2.05 bits per heavy atom. The van der Waals surface area contributed by atoms with E-state index in [0.717, 1.165) is 22.9 Å². The molecule has 0 aliphatic carbocycles. The van der Waals surface area contributed by atoms with Gasteiger partial charge >= 0.3 is 0 Å². The van der Waals surface area contributed by atoms with Gasteiger partial charge in [0.25, 0.3) is 0 Å². The quantitative estimate of drug-likeness (QED) is 0.741. The molecule has 0 radical (unpaired) electrons. The van der Waals surface area contributed by atoms with Gasteiger partial charge in [-0.3, -0.25) is 4.57 Å². The third-order valence-electron chi connectivity index (χ3n) is 3.48. The van der Waals surface area contributed by atoms with E-state index < -0.39 is 0 Å². The minimum Gasteiger partial charge on any atom is -0.494 e. The molecule has 1 aromatic heterocycles. The summed E-state index contributed by atoms with van der Waals surface area (Å²) in [6.07, 6.45) is 0. The first-order valence-electron chi connectivity index (χ1n) is 6.95. The van der Waals surface area contributed by atoms with Gasteiger partial charge in [-0.2, -0.15) is 0 Å². The number of ether oxygens (including phenoxy) is 2. The summed E-state index contributed by atoms with van der Waals surface area (Å²) in [6.45, 7) is 1.91. The van der Waals surface area contributed by atoms with Crippen molar-refractivity contribution in [3.05, 3.63) is 54.4 Å². The van der Waals surface area contributed by atoms with Crippen molar-refractivity contribution in [1.29, 1.82) is 0 Å². The lowest BCUT2D eigenvalue weighted by atomic mass is 10.2. The van der Waals surface area contributed by atoms with Crippen molar-refractivity contribution in [2.24, 2.45) is 0 Å². The Bertz CT molecular complexity index is 760. The number of hydrogen-bond donors (Lipinski definition) is 0. The number of methoxy groups -OCH3 is 2. The smallest absolute Gasteiger partial charge is 0.168 e. The molecule has 5 nitrogen and oxygen atoms in total. The van der Waals surface area contributed by atoms with Crippen LogP contribution in [0.25, 0.3) is 17.1 Å². The van der Waals surface area contributed by atoms with Crippen molar-refractivity contribution in [1.82, 2.24) is 14.8 Å². The van der Waals surface area contributed by atoms with E-state index in [-0.39, 0.29) is 0 Å². The second-order valence-electron chi connectivity index (χ2n) is 4.78. The lowest BCUT2D eigenvalue weighted by Gasteiger charge is -2.16. The predicted molar refractivity (Wildman–Crippen MR) is 84.6 cm³/mol. The van der Waals surface area contributed by atoms with Gasteiger partial charge in [-0.15, -0.1) is 10.2 Å². The van der Waals surface area contributed by atoms with Crippen LogP contribution in [-0.4, -0.2) is 29.0 Å². The summed E-state index contributed by atoms with van der Waals surface area (Å²) in [5, 5.41) is 8.54. The summed E-state index contributed by atoms with van der Waals surface area (Å²) in [5.41, 5.74) is 1.78. The first-order valence-corrected chi connectivity index (χ1v) is 6.95. The van der Waals surface area contributed by atoms with Crippen LogP contribution in [-0.2, 0) is 0 Å². The zero-order valence-corrected chi connectivity index (χ0v) is 12.8. The van der Waals surface area contributed by atoms with E-state index in [1.165, 1.54) is 0 Å². The summed E-state index contributed by atoms with van der Waals surface area (Å²) >= 11 is 0. The molecule has 112 valence electrons. The van der Waals surface area contributed by atoms with Crippen LogP contribution in [0.5, 0.6) is 11.5 Å². The van der Waals surface area contributed by atoms with E-state index in [1.54, 1.807) is 14.2 Å². The highest BCUT2D eigenvalue weighted by molar-refractivity contribution is 5.65. The highest BCUT2D eigenvalue weighted by atomic mass is 16.5. The fourth-order valence-corrected chi connectivity index (χ4v) is 2.46. The largest absolute Gasteiger partial charge is 0.494 e. The van der Waals surface area contributed by atoms with Crippen molar-refractivity contribution in [3.63, 3.8) is 0 Å². The summed E-state index contributed by atoms with van der Waals surface area (Å²) in [5.74, 6) is 2.93. The molecular weight excluding hydrogens is 278 g/mol. The van der Waals surface area contributed by atoms with Crippen molar-refractivity contribution in [2.75, 3.05) is 14.2 Å². The molecule has 0 unspecified atom stereocenters. The molecule has 0 aliphatic rings. The number of benzene rings is 2. The Labute approximate surface area is 129 Å². The highest BCUT2D eigenvalue weighted by Crippen LogP contribution is 2.35. The van der Waals surface area contributed by atoms with Crippen molar-refractivity contribution >= 4 is 0 Å².